The molecule has 0 unspecified atom stereocenters. The highest BCUT2D eigenvalue weighted by Crippen LogP contribution is 2.35. The van der Waals surface area contributed by atoms with E-state index >= 15 is 0 Å². The summed E-state index contributed by atoms with van der Waals surface area (Å²) in [7, 11) is 0. The van der Waals surface area contributed by atoms with Crippen LogP contribution in [-0.2, 0) is 15.0 Å². The first-order valence-electron chi connectivity index (χ1n) is 5.47. The molecule has 0 aromatic heterocycles. The molecule has 1 atom stereocenters. The van der Waals surface area contributed by atoms with Gasteiger partial charge in [0.05, 0.1) is 21.5 Å². The largest absolute Gasteiger partial charge is 0.481 e. The third-order valence-electron chi connectivity index (χ3n) is 2.88. The molecule has 19 heavy (non-hydrogen) atoms. The molecule has 0 saturated carbocycles. The minimum absolute atomic E-state index is 0.0372. The van der Waals surface area contributed by atoms with E-state index in [0.29, 0.717) is 16.9 Å². The summed E-state index contributed by atoms with van der Waals surface area (Å²) in [5, 5.41) is 18.7. The van der Waals surface area contributed by atoms with Crippen LogP contribution in [0.1, 0.15) is 24.8 Å². The Morgan fingerprint density at radius 2 is 2.11 bits per heavy atom. The Labute approximate surface area is 120 Å². The number of rotatable bonds is 6. The van der Waals surface area contributed by atoms with E-state index in [1.165, 1.54) is 12.1 Å². The molecule has 0 aliphatic carbocycles. The van der Waals surface area contributed by atoms with Crippen molar-refractivity contribution >= 4 is 35.5 Å². The Bertz CT molecular complexity index is 539. The maximum atomic E-state index is 10.8. The zero-order valence-corrected chi connectivity index (χ0v) is 11.4. The maximum Gasteiger partial charge on any atom is 0.303 e. The number of benzene rings is 1. The summed E-state index contributed by atoms with van der Waals surface area (Å²) in [4.78, 5) is 21.5. The Balaban J connectivity index is 3.21. The smallest absolute Gasteiger partial charge is 0.303 e. The molecule has 0 heterocycles. The molecule has 0 saturated heterocycles. The second kappa shape index (κ2) is 6.55. The van der Waals surface area contributed by atoms with Crippen molar-refractivity contribution < 1.29 is 14.7 Å². The van der Waals surface area contributed by atoms with Crippen molar-refractivity contribution in [3.05, 3.63) is 33.8 Å². The lowest BCUT2D eigenvalue weighted by molar-refractivity contribution is -0.137. The van der Waals surface area contributed by atoms with Crippen molar-refractivity contribution in [1.82, 2.24) is 0 Å². The van der Waals surface area contributed by atoms with Crippen molar-refractivity contribution in [2.24, 2.45) is 0 Å². The van der Waals surface area contributed by atoms with Gasteiger partial charge in [0.25, 0.3) is 0 Å². The minimum Gasteiger partial charge on any atom is -0.481 e. The van der Waals surface area contributed by atoms with Crippen LogP contribution in [0.15, 0.2) is 18.2 Å². The SMILES string of the molecule is N#C[C@](CC=O)(CCC(=O)O)c1ccc(Cl)c(Cl)c1. The molecule has 4 nitrogen and oxygen atoms in total. The number of carbonyl (C=O) groups is 2. The van der Waals surface area contributed by atoms with Crippen molar-refractivity contribution in [3.63, 3.8) is 0 Å². The summed E-state index contributed by atoms with van der Waals surface area (Å²) in [6.07, 6.45) is 0.347. The number of carbonyl (C=O) groups excluding carboxylic acids is 1. The van der Waals surface area contributed by atoms with E-state index in [-0.39, 0.29) is 24.3 Å². The van der Waals surface area contributed by atoms with Crippen molar-refractivity contribution in [2.75, 3.05) is 0 Å². The predicted molar refractivity (Wildman–Crippen MR) is 71.3 cm³/mol. The second-order valence-electron chi connectivity index (χ2n) is 4.09. The monoisotopic (exact) mass is 299 g/mol. The highest BCUT2D eigenvalue weighted by Gasteiger charge is 2.33. The third kappa shape index (κ3) is 3.69. The summed E-state index contributed by atoms with van der Waals surface area (Å²) in [6.45, 7) is 0. The van der Waals surface area contributed by atoms with Gasteiger partial charge in [-0.25, -0.2) is 0 Å². The molecule has 1 aromatic rings. The van der Waals surface area contributed by atoms with E-state index in [1.807, 2.05) is 6.07 Å². The molecule has 6 heteroatoms. The van der Waals surface area contributed by atoms with Gasteiger partial charge in [0.2, 0.25) is 0 Å². The molecule has 1 rings (SSSR count). The quantitative estimate of drug-likeness (QED) is 0.818. The predicted octanol–water partition coefficient (Wildman–Crippen LogP) is 3.21. The molecular formula is C13H11Cl2NO3. The number of aliphatic carboxylic acids is 1. The van der Waals surface area contributed by atoms with E-state index in [4.69, 9.17) is 28.3 Å². The molecule has 1 N–H and O–H groups in total. The Morgan fingerprint density at radius 3 is 2.58 bits per heavy atom. The lowest BCUT2D eigenvalue weighted by Crippen LogP contribution is -2.26. The Hall–Kier alpha value is -1.57. The van der Waals surface area contributed by atoms with Crippen molar-refractivity contribution in [3.8, 4) is 6.07 Å². The number of nitrogens with zero attached hydrogens (tertiary/aromatic N) is 1. The fourth-order valence-electron chi connectivity index (χ4n) is 1.79. The Morgan fingerprint density at radius 1 is 1.42 bits per heavy atom. The lowest BCUT2D eigenvalue weighted by Gasteiger charge is -2.24. The average Bonchev–Trinajstić information content (AvgIpc) is 2.38. The number of nitriles is 1. The zero-order valence-electron chi connectivity index (χ0n) is 9.90. The minimum atomic E-state index is -1.19. The fourth-order valence-corrected chi connectivity index (χ4v) is 2.08. The van der Waals surface area contributed by atoms with E-state index in [2.05, 4.69) is 0 Å². The summed E-state index contributed by atoms with van der Waals surface area (Å²) in [5.74, 6) is -1.02. The van der Waals surface area contributed by atoms with Gasteiger partial charge < -0.3 is 9.90 Å². The van der Waals surface area contributed by atoms with Crippen LogP contribution in [-0.4, -0.2) is 17.4 Å². The summed E-state index contributed by atoms with van der Waals surface area (Å²) in [6, 6.07) is 6.65. The molecule has 0 spiro atoms. The second-order valence-corrected chi connectivity index (χ2v) is 4.90. The molecule has 0 aliphatic heterocycles. The van der Waals surface area contributed by atoms with E-state index in [9.17, 15) is 14.9 Å². The average molecular weight is 300 g/mol. The maximum absolute atomic E-state index is 10.8. The Kier molecular flexibility index (Phi) is 5.34. The van der Waals surface area contributed by atoms with Crippen LogP contribution < -0.4 is 0 Å². The highest BCUT2D eigenvalue weighted by molar-refractivity contribution is 6.42. The summed E-state index contributed by atoms with van der Waals surface area (Å²) in [5.41, 5.74) is -0.688. The van der Waals surface area contributed by atoms with Crippen molar-refractivity contribution in [2.45, 2.75) is 24.7 Å². The van der Waals surface area contributed by atoms with Gasteiger partial charge >= 0.3 is 5.97 Å². The molecule has 1 aromatic carbocycles. The van der Waals surface area contributed by atoms with E-state index in [0.717, 1.165) is 0 Å². The number of halogens is 2. The van der Waals surface area contributed by atoms with Gasteiger partial charge in [0.15, 0.2) is 0 Å². The van der Waals surface area contributed by atoms with Gasteiger partial charge in [0, 0.05) is 12.8 Å². The van der Waals surface area contributed by atoms with Crippen LogP contribution >= 0.6 is 23.2 Å². The van der Waals surface area contributed by atoms with Gasteiger partial charge in [-0.15, -0.1) is 0 Å². The highest BCUT2D eigenvalue weighted by atomic mass is 35.5. The molecule has 100 valence electrons. The standard InChI is InChI=1S/C13H11Cl2NO3/c14-10-2-1-9(7-11(10)15)13(8-16,5-6-17)4-3-12(18)19/h1-2,6-7H,3-5H2,(H,18,19)/t13-/m1/s1. The first-order chi connectivity index (χ1) is 8.95. The van der Waals surface area contributed by atoms with Gasteiger partial charge in [-0.1, -0.05) is 29.3 Å². The lowest BCUT2D eigenvalue weighted by atomic mass is 9.75. The van der Waals surface area contributed by atoms with Crippen molar-refractivity contribution in [1.29, 1.82) is 5.26 Å². The number of carboxylic acid groups (broad SMARTS) is 1. The fraction of sp³-hybridized carbons (Fsp3) is 0.308. The first-order valence-corrected chi connectivity index (χ1v) is 6.23. The topological polar surface area (TPSA) is 78.2 Å². The van der Waals surface area contributed by atoms with Crippen LogP contribution in [0, 0.1) is 11.3 Å². The first kappa shape index (κ1) is 15.5. The summed E-state index contributed by atoms with van der Waals surface area (Å²) < 4.78 is 0. The van der Waals surface area contributed by atoms with E-state index < -0.39 is 11.4 Å². The van der Waals surface area contributed by atoms with Crippen LogP contribution in [0.5, 0.6) is 0 Å². The summed E-state index contributed by atoms with van der Waals surface area (Å²) >= 11 is 11.7. The van der Waals surface area contributed by atoms with Gasteiger partial charge in [-0.3, -0.25) is 4.79 Å². The normalized spacial score (nSPS) is 13.3. The van der Waals surface area contributed by atoms with Crippen LogP contribution in [0.4, 0.5) is 0 Å². The number of aldehydes is 1. The third-order valence-corrected chi connectivity index (χ3v) is 3.62. The molecule has 0 fully saturated rings. The molecule has 0 aliphatic rings. The van der Waals surface area contributed by atoms with Crippen LogP contribution in [0.2, 0.25) is 10.0 Å². The van der Waals surface area contributed by atoms with Gasteiger partial charge in [-0.05, 0) is 24.1 Å². The molecular weight excluding hydrogens is 289 g/mol. The number of carboxylic acids is 1. The molecule has 0 bridgehead atoms. The number of hydrogen-bond donors (Lipinski definition) is 1. The van der Waals surface area contributed by atoms with E-state index in [1.54, 1.807) is 6.07 Å². The molecule has 0 radical (unpaired) electrons. The van der Waals surface area contributed by atoms with Gasteiger partial charge in [0.1, 0.15) is 6.29 Å². The molecule has 0 amide bonds. The zero-order chi connectivity index (χ0) is 14.5. The van der Waals surface area contributed by atoms with Crippen LogP contribution in [0.3, 0.4) is 0 Å². The van der Waals surface area contributed by atoms with Gasteiger partial charge in [-0.2, -0.15) is 5.26 Å². The number of hydrogen-bond acceptors (Lipinski definition) is 3. The van der Waals surface area contributed by atoms with Crippen LogP contribution in [0.25, 0.3) is 0 Å².